The fourth-order valence-corrected chi connectivity index (χ4v) is 1.26. The van der Waals surface area contributed by atoms with Crippen LogP contribution in [0, 0.1) is 18.3 Å². The molecule has 10 heavy (non-hydrogen) atoms. The molecule has 0 heteroatoms. The summed E-state index contributed by atoms with van der Waals surface area (Å²) in [6.45, 7) is 8.60. The summed E-state index contributed by atoms with van der Waals surface area (Å²) < 4.78 is 0. The van der Waals surface area contributed by atoms with Crippen LogP contribution in [0.2, 0.25) is 0 Å². The normalized spacial score (nSPS) is 38.5. The minimum absolute atomic E-state index is 0.161. The maximum Gasteiger partial charge on any atom is -0.00572 e. The van der Waals surface area contributed by atoms with E-state index in [1.165, 1.54) is 0 Å². The molecular weight excluding hydrogens is 120 g/mol. The number of hydrogen-bond acceptors (Lipinski definition) is 0. The van der Waals surface area contributed by atoms with Gasteiger partial charge in [0.1, 0.15) is 0 Å². The van der Waals surface area contributed by atoms with Gasteiger partial charge in [-0.15, -0.1) is 0 Å². The highest BCUT2D eigenvalue weighted by Crippen LogP contribution is 2.35. The van der Waals surface area contributed by atoms with E-state index in [1.807, 2.05) is 0 Å². The van der Waals surface area contributed by atoms with Gasteiger partial charge in [0, 0.05) is 0 Å². The predicted molar refractivity (Wildman–Crippen MR) is 45.5 cm³/mol. The summed E-state index contributed by atoms with van der Waals surface area (Å²) in [5.74, 6) is 0.586. The van der Waals surface area contributed by atoms with Crippen molar-refractivity contribution in [2.24, 2.45) is 11.3 Å². The average molecular weight is 135 g/mol. The number of rotatable bonds is 1. The second kappa shape index (κ2) is 2.61. The summed E-state index contributed by atoms with van der Waals surface area (Å²) >= 11 is 0. The summed E-state index contributed by atoms with van der Waals surface area (Å²) in [4.78, 5) is 0. The number of allylic oxidation sites excluding steroid dienone is 4. The van der Waals surface area contributed by atoms with Crippen molar-refractivity contribution in [3.8, 4) is 0 Å². The van der Waals surface area contributed by atoms with Crippen LogP contribution in [-0.2, 0) is 0 Å². The van der Waals surface area contributed by atoms with Crippen LogP contribution in [0.25, 0.3) is 0 Å². The van der Waals surface area contributed by atoms with Gasteiger partial charge in [0.15, 0.2) is 0 Å². The second-order valence-electron chi connectivity index (χ2n) is 3.12. The van der Waals surface area contributed by atoms with Gasteiger partial charge < -0.3 is 0 Å². The van der Waals surface area contributed by atoms with E-state index in [0.29, 0.717) is 5.92 Å². The van der Waals surface area contributed by atoms with Crippen LogP contribution in [0.15, 0.2) is 24.3 Å². The molecule has 0 aliphatic heterocycles. The lowest BCUT2D eigenvalue weighted by molar-refractivity contribution is 0.360. The first-order chi connectivity index (χ1) is 4.69. The van der Waals surface area contributed by atoms with Crippen molar-refractivity contribution in [2.75, 3.05) is 0 Å². The molecule has 1 aliphatic rings. The molecule has 0 bridgehead atoms. The first kappa shape index (κ1) is 7.59. The Morgan fingerprint density at radius 2 is 2.20 bits per heavy atom. The smallest absolute Gasteiger partial charge is 0.00572 e. The summed E-state index contributed by atoms with van der Waals surface area (Å²) in [7, 11) is 0. The van der Waals surface area contributed by atoms with Crippen molar-refractivity contribution in [1.82, 2.24) is 0 Å². The fourth-order valence-electron chi connectivity index (χ4n) is 1.26. The highest BCUT2D eigenvalue weighted by Gasteiger charge is 2.25. The highest BCUT2D eigenvalue weighted by molar-refractivity contribution is 5.20. The first-order valence-corrected chi connectivity index (χ1v) is 3.90. The van der Waals surface area contributed by atoms with Crippen LogP contribution in [0.3, 0.4) is 0 Å². The molecule has 0 aromatic rings. The Balaban J connectivity index is 2.77. The van der Waals surface area contributed by atoms with Gasteiger partial charge >= 0.3 is 0 Å². The molecule has 0 saturated carbocycles. The summed E-state index contributed by atoms with van der Waals surface area (Å²) in [6, 6.07) is 0. The van der Waals surface area contributed by atoms with Gasteiger partial charge in [0.25, 0.3) is 0 Å². The SMILES string of the molecule is [CH2]C1(CC)C=CC=CC1C. The second-order valence-corrected chi connectivity index (χ2v) is 3.12. The lowest BCUT2D eigenvalue weighted by Gasteiger charge is -2.31. The van der Waals surface area contributed by atoms with Gasteiger partial charge in [-0.1, -0.05) is 38.2 Å². The molecular formula is C10H15. The van der Waals surface area contributed by atoms with Crippen LogP contribution in [0.4, 0.5) is 0 Å². The Bertz CT molecular complexity index is 165. The van der Waals surface area contributed by atoms with Crippen LogP contribution in [-0.4, -0.2) is 0 Å². The van der Waals surface area contributed by atoms with Crippen LogP contribution in [0.5, 0.6) is 0 Å². The van der Waals surface area contributed by atoms with E-state index < -0.39 is 0 Å². The molecule has 2 atom stereocenters. The summed E-state index contributed by atoms with van der Waals surface area (Å²) in [5, 5.41) is 0. The zero-order valence-corrected chi connectivity index (χ0v) is 6.80. The molecule has 0 heterocycles. The minimum atomic E-state index is 0.161. The van der Waals surface area contributed by atoms with E-state index in [2.05, 4.69) is 45.1 Å². The Kier molecular flexibility index (Phi) is 1.98. The van der Waals surface area contributed by atoms with Gasteiger partial charge in [0.05, 0.1) is 0 Å². The van der Waals surface area contributed by atoms with Crippen molar-refractivity contribution in [3.05, 3.63) is 31.2 Å². The van der Waals surface area contributed by atoms with E-state index in [1.54, 1.807) is 0 Å². The van der Waals surface area contributed by atoms with Crippen molar-refractivity contribution in [3.63, 3.8) is 0 Å². The predicted octanol–water partition coefficient (Wildman–Crippen LogP) is 2.98. The van der Waals surface area contributed by atoms with E-state index in [0.717, 1.165) is 6.42 Å². The number of hydrogen-bond donors (Lipinski definition) is 0. The molecule has 1 aliphatic carbocycles. The molecule has 1 radical (unpaired) electrons. The lowest BCUT2D eigenvalue weighted by atomic mass is 9.74. The molecule has 0 spiro atoms. The van der Waals surface area contributed by atoms with Gasteiger partial charge in [-0.05, 0) is 24.7 Å². The average Bonchev–Trinajstić information content (AvgIpc) is 1.96. The van der Waals surface area contributed by atoms with E-state index >= 15 is 0 Å². The molecule has 0 aromatic carbocycles. The van der Waals surface area contributed by atoms with Crippen molar-refractivity contribution < 1.29 is 0 Å². The van der Waals surface area contributed by atoms with Crippen molar-refractivity contribution in [2.45, 2.75) is 20.3 Å². The summed E-state index contributed by atoms with van der Waals surface area (Å²) in [6.07, 6.45) is 9.74. The maximum absolute atomic E-state index is 4.19. The Labute approximate surface area is 63.6 Å². The lowest BCUT2D eigenvalue weighted by Crippen LogP contribution is -2.22. The molecule has 0 fully saturated rings. The third kappa shape index (κ3) is 1.16. The molecule has 0 nitrogen and oxygen atoms in total. The van der Waals surface area contributed by atoms with Crippen LogP contribution in [0.1, 0.15) is 20.3 Å². The third-order valence-corrected chi connectivity index (χ3v) is 2.50. The molecule has 0 saturated heterocycles. The summed E-state index contributed by atoms with van der Waals surface area (Å²) in [5.41, 5.74) is 0.161. The van der Waals surface area contributed by atoms with Gasteiger partial charge in [0.2, 0.25) is 0 Å². The molecule has 0 amide bonds. The topological polar surface area (TPSA) is 0 Å². The quantitative estimate of drug-likeness (QED) is 0.518. The van der Waals surface area contributed by atoms with E-state index in [9.17, 15) is 0 Å². The molecule has 1 rings (SSSR count). The van der Waals surface area contributed by atoms with Crippen molar-refractivity contribution >= 4 is 0 Å². The monoisotopic (exact) mass is 135 g/mol. The molecule has 55 valence electrons. The van der Waals surface area contributed by atoms with Gasteiger partial charge in [-0.3, -0.25) is 0 Å². The van der Waals surface area contributed by atoms with Crippen LogP contribution >= 0.6 is 0 Å². The molecule has 0 N–H and O–H groups in total. The molecule has 0 aromatic heterocycles. The molecule has 2 unspecified atom stereocenters. The Hall–Kier alpha value is -0.520. The van der Waals surface area contributed by atoms with E-state index in [4.69, 9.17) is 0 Å². The highest BCUT2D eigenvalue weighted by atomic mass is 14.3. The van der Waals surface area contributed by atoms with Crippen molar-refractivity contribution in [1.29, 1.82) is 0 Å². The van der Waals surface area contributed by atoms with Gasteiger partial charge in [-0.25, -0.2) is 0 Å². The zero-order chi connectivity index (χ0) is 7.61. The first-order valence-electron chi connectivity index (χ1n) is 3.90. The fraction of sp³-hybridized carbons (Fsp3) is 0.500. The van der Waals surface area contributed by atoms with Gasteiger partial charge in [-0.2, -0.15) is 0 Å². The standard InChI is InChI=1S/C10H15/c1-4-10(3)8-6-5-7-9(10)2/h5-9H,3-4H2,1-2H3. The minimum Gasteiger partial charge on any atom is -0.0808 e. The zero-order valence-electron chi connectivity index (χ0n) is 6.80. The Morgan fingerprint density at radius 1 is 1.50 bits per heavy atom. The van der Waals surface area contributed by atoms with Crippen LogP contribution < -0.4 is 0 Å². The Morgan fingerprint density at radius 3 is 2.60 bits per heavy atom. The largest absolute Gasteiger partial charge is 0.0808 e. The third-order valence-electron chi connectivity index (χ3n) is 2.50. The maximum atomic E-state index is 4.19. The van der Waals surface area contributed by atoms with E-state index in [-0.39, 0.29) is 5.41 Å².